The first-order chi connectivity index (χ1) is 12.7. The molecule has 3 fully saturated rings. The van der Waals surface area contributed by atoms with Gasteiger partial charge in [-0.15, -0.1) is 0 Å². The van der Waals surface area contributed by atoms with E-state index in [0.29, 0.717) is 19.5 Å². The van der Waals surface area contributed by atoms with Crippen LogP contribution < -0.4 is 0 Å². The average Bonchev–Trinajstić information content (AvgIpc) is 3.15. The van der Waals surface area contributed by atoms with E-state index in [1.54, 1.807) is 4.90 Å². The second-order valence-corrected chi connectivity index (χ2v) is 8.63. The number of piperidine rings is 1. The van der Waals surface area contributed by atoms with Crippen LogP contribution in [0.3, 0.4) is 0 Å². The molecular weight excluding hydrogens is 348 g/mol. The summed E-state index contributed by atoms with van der Waals surface area (Å²) in [6.45, 7) is 6.47. The van der Waals surface area contributed by atoms with Gasteiger partial charge < -0.3 is 19.5 Å². The Hall–Kier alpha value is -2.12. The van der Waals surface area contributed by atoms with Crippen molar-refractivity contribution in [2.24, 2.45) is 0 Å². The number of carbonyl (C=O) groups is 2. The van der Waals surface area contributed by atoms with Crippen LogP contribution in [0.25, 0.3) is 0 Å². The number of benzene rings is 1. The van der Waals surface area contributed by atoms with E-state index in [-0.39, 0.29) is 24.7 Å². The van der Waals surface area contributed by atoms with Crippen molar-refractivity contribution in [2.75, 3.05) is 13.1 Å². The minimum atomic E-state index is -0.800. The molecule has 0 saturated carbocycles. The number of fused-ring (bicyclic) bond motifs is 1. The second kappa shape index (κ2) is 6.21. The van der Waals surface area contributed by atoms with Gasteiger partial charge in [-0.2, -0.15) is 0 Å². The highest BCUT2D eigenvalue weighted by atomic mass is 16.6. The summed E-state index contributed by atoms with van der Waals surface area (Å²) in [5.74, 6) is -0.305. The lowest BCUT2D eigenvalue weighted by molar-refractivity contribution is -0.159. The number of nitrogens with zero attached hydrogens (tertiary/aromatic N) is 2. The van der Waals surface area contributed by atoms with Crippen LogP contribution in [-0.4, -0.2) is 69.4 Å². The fourth-order valence-corrected chi connectivity index (χ4v) is 4.43. The van der Waals surface area contributed by atoms with E-state index in [1.165, 1.54) is 0 Å². The molecule has 1 aromatic rings. The smallest absolute Gasteiger partial charge is 0.410 e. The second-order valence-electron chi connectivity index (χ2n) is 8.63. The number of esters is 1. The maximum atomic E-state index is 12.8. The van der Waals surface area contributed by atoms with E-state index in [2.05, 4.69) is 0 Å². The van der Waals surface area contributed by atoms with E-state index in [4.69, 9.17) is 9.47 Å². The molecule has 0 spiro atoms. The van der Waals surface area contributed by atoms with Crippen molar-refractivity contribution in [3.8, 4) is 0 Å². The van der Waals surface area contributed by atoms with E-state index in [0.717, 1.165) is 5.56 Å². The van der Waals surface area contributed by atoms with Crippen LogP contribution in [0, 0.1) is 0 Å². The monoisotopic (exact) mass is 374 g/mol. The van der Waals surface area contributed by atoms with Crippen LogP contribution in [-0.2, 0) is 20.9 Å². The van der Waals surface area contributed by atoms with Gasteiger partial charge in [-0.3, -0.25) is 4.90 Å². The van der Waals surface area contributed by atoms with Gasteiger partial charge in [0.1, 0.15) is 17.7 Å². The van der Waals surface area contributed by atoms with Crippen LogP contribution in [0.4, 0.5) is 4.79 Å². The van der Waals surface area contributed by atoms with Gasteiger partial charge in [-0.25, -0.2) is 9.59 Å². The molecule has 0 aliphatic carbocycles. The average molecular weight is 374 g/mol. The molecule has 0 radical (unpaired) electrons. The highest BCUT2D eigenvalue weighted by Crippen LogP contribution is 2.56. The predicted molar refractivity (Wildman–Crippen MR) is 96.8 cm³/mol. The standard InChI is InChI=1S/C20H26N2O5/c1-19(2,3)27-17(24)20-9-15(23)14-10-21(11-16(20)22(14)20)18(25)26-12-13-7-5-4-6-8-13/h4-8,14-16,23H,9-12H2,1-3H3. The van der Waals surface area contributed by atoms with Gasteiger partial charge in [-0.05, 0) is 26.3 Å². The highest BCUT2D eigenvalue weighted by Gasteiger charge is 2.78. The lowest BCUT2D eigenvalue weighted by Gasteiger charge is -2.34. The zero-order chi connectivity index (χ0) is 19.4. The van der Waals surface area contributed by atoms with Gasteiger partial charge in [0, 0.05) is 19.5 Å². The Morgan fingerprint density at radius 3 is 2.59 bits per heavy atom. The molecule has 7 nitrogen and oxygen atoms in total. The molecular formula is C20H26N2O5. The van der Waals surface area contributed by atoms with Crippen molar-refractivity contribution >= 4 is 12.1 Å². The summed E-state index contributed by atoms with van der Waals surface area (Å²) in [5, 5.41) is 10.4. The van der Waals surface area contributed by atoms with E-state index in [9.17, 15) is 14.7 Å². The number of likely N-dealkylation sites (tertiary alicyclic amines) is 1. The molecule has 0 bridgehead atoms. The van der Waals surface area contributed by atoms with Crippen molar-refractivity contribution in [3.63, 3.8) is 0 Å². The number of ether oxygens (including phenoxy) is 2. The van der Waals surface area contributed by atoms with E-state index in [1.807, 2.05) is 56.0 Å². The molecule has 146 valence electrons. The van der Waals surface area contributed by atoms with Crippen molar-refractivity contribution in [3.05, 3.63) is 35.9 Å². The Kier molecular flexibility index (Phi) is 4.20. The molecule has 4 rings (SSSR count). The van der Waals surface area contributed by atoms with Gasteiger partial charge >= 0.3 is 12.1 Å². The van der Waals surface area contributed by atoms with Crippen LogP contribution in [0.1, 0.15) is 32.8 Å². The summed E-state index contributed by atoms with van der Waals surface area (Å²) in [4.78, 5) is 28.9. The Morgan fingerprint density at radius 2 is 1.93 bits per heavy atom. The molecule has 5 unspecified atom stereocenters. The molecule has 1 aromatic carbocycles. The molecule has 3 aliphatic heterocycles. The normalized spacial score (nSPS) is 34.0. The number of hydrogen-bond acceptors (Lipinski definition) is 6. The fraction of sp³-hybridized carbons (Fsp3) is 0.600. The molecule has 3 saturated heterocycles. The van der Waals surface area contributed by atoms with Crippen LogP contribution in [0.2, 0.25) is 0 Å². The molecule has 3 aliphatic rings. The van der Waals surface area contributed by atoms with Gasteiger partial charge in [0.05, 0.1) is 18.2 Å². The van der Waals surface area contributed by atoms with Crippen LogP contribution in [0.5, 0.6) is 0 Å². The molecule has 5 atom stereocenters. The number of hydrogen-bond donors (Lipinski definition) is 1. The lowest BCUT2D eigenvalue weighted by Crippen LogP contribution is -2.52. The van der Waals surface area contributed by atoms with Gasteiger partial charge in [0.25, 0.3) is 0 Å². The molecule has 1 amide bonds. The lowest BCUT2D eigenvalue weighted by atomic mass is 9.93. The summed E-state index contributed by atoms with van der Waals surface area (Å²) in [6, 6.07) is 9.13. The number of amides is 1. The van der Waals surface area contributed by atoms with Crippen LogP contribution >= 0.6 is 0 Å². The fourth-order valence-electron chi connectivity index (χ4n) is 4.43. The summed E-state index contributed by atoms with van der Waals surface area (Å²) < 4.78 is 11.0. The molecule has 27 heavy (non-hydrogen) atoms. The first kappa shape index (κ1) is 18.3. The Labute approximate surface area is 158 Å². The maximum Gasteiger partial charge on any atom is 0.410 e. The number of rotatable bonds is 3. The molecule has 7 heteroatoms. The minimum absolute atomic E-state index is 0.112. The maximum absolute atomic E-state index is 12.8. The van der Waals surface area contributed by atoms with Gasteiger partial charge in [-0.1, -0.05) is 30.3 Å². The first-order valence-electron chi connectivity index (χ1n) is 9.38. The van der Waals surface area contributed by atoms with Crippen molar-refractivity contribution < 1.29 is 24.2 Å². The molecule has 1 N–H and O–H groups in total. The third-order valence-corrected chi connectivity index (χ3v) is 5.62. The Bertz CT molecular complexity index is 746. The van der Waals surface area contributed by atoms with Crippen molar-refractivity contribution in [1.82, 2.24) is 9.80 Å². The zero-order valence-electron chi connectivity index (χ0n) is 15.9. The van der Waals surface area contributed by atoms with Crippen molar-refractivity contribution in [1.29, 1.82) is 0 Å². The third kappa shape index (κ3) is 3.08. The van der Waals surface area contributed by atoms with Crippen LogP contribution in [0.15, 0.2) is 30.3 Å². The SMILES string of the molecule is CC(C)(C)OC(=O)C12CC(O)C3CN(C(=O)OCc4ccccc4)CC1N32. The van der Waals surface area contributed by atoms with E-state index < -0.39 is 23.3 Å². The van der Waals surface area contributed by atoms with Gasteiger partial charge in [0.2, 0.25) is 0 Å². The predicted octanol–water partition coefficient (Wildman–Crippen LogP) is 1.54. The third-order valence-electron chi connectivity index (χ3n) is 5.62. The number of aliphatic hydroxyl groups excluding tert-OH is 1. The quantitative estimate of drug-likeness (QED) is 0.639. The largest absolute Gasteiger partial charge is 0.459 e. The first-order valence-corrected chi connectivity index (χ1v) is 9.38. The summed E-state index contributed by atoms with van der Waals surface area (Å²) >= 11 is 0. The van der Waals surface area contributed by atoms with Gasteiger partial charge in [0.15, 0.2) is 0 Å². The molecule has 0 aromatic heterocycles. The Balaban J connectivity index is 1.42. The summed E-state index contributed by atoms with van der Waals surface area (Å²) in [6.07, 6.45) is -0.703. The summed E-state index contributed by atoms with van der Waals surface area (Å²) in [5.41, 5.74) is -0.468. The zero-order valence-corrected chi connectivity index (χ0v) is 15.9. The number of piperazine rings is 1. The van der Waals surface area contributed by atoms with Crippen molar-refractivity contribution in [2.45, 2.75) is 63.1 Å². The Morgan fingerprint density at radius 1 is 1.22 bits per heavy atom. The van der Waals surface area contributed by atoms with E-state index >= 15 is 0 Å². The summed E-state index contributed by atoms with van der Waals surface area (Å²) in [7, 11) is 0. The highest BCUT2D eigenvalue weighted by molar-refractivity contribution is 5.88. The number of carbonyl (C=O) groups excluding carboxylic acids is 2. The molecule has 3 heterocycles. The minimum Gasteiger partial charge on any atom is -0.459 e. The topological polar surface area (TPSA) is 79.1 Å². The number of aliphatic hydroxyl groups is 1.